The van der Waals surface area contributed by atoms with Crippen molar-refractivity contribution in [1.29, 1.82) is 0 Å². The van der Waals surface area contributed by atoms with Crippen molar-refractivity contribution in [3.63, 3.8) is 0 Å². The lowest BCUT2D eigenvalue weighted by molar-refractivity contribution is 0.333. The molecular weight excluding hydrogens is 238 g/mol. The summed E-state index contributed by atoms with van der Waals surface area (Å²) in [5.41, 5.74) is 8.45. The first-order valence-electron chi connectivity index (χ1n) is 6.68. The Labute approximate surface area is 114 Å². The molecule has 0 unspecified atom stereocenters. The van der Waals surface area contributed by atoms with Crippen LogP contribution in [-0.2, 0) is 6.42 Å². The van der Waals surface area contributed by atoms with Crippen LogP contribution in [0.15, 0.2) is 28.8 Å². The fourth-order valence-corrected chi connectivity index (χ4v) is 1.99. The Morgan fingerprint density at radius 1 is 1.21 bits per heavy atom. The number of aromatic nitrogens is 2. The van der Waals surface area contributed by atoms with Crippen LogP contribution in [0, 0.1) is 12.8 Å². The van der Waals surface area contributed by atoms with Gasteiger partial charge in [0.15, 0.2) is 5.82 Å². The zero-order valence-corrected chi connectivity index (χ0v) is 11.8. The molecule has 4 heteroatoms. The highest BCUT2D eigenvalue weighted by atomic mass is 16.5. The number of benzene rings is 1. The third-order valence-electron chi connectivity index (χ3n) is 3.01. The lowest BCUT2D eigenvalue weighted by atomic mass is 10.0. The van der Waals surface area contributed by atoms with Gasteiger partial charge in [0.25, 0.3) is 0 Å². The first kappa shape index (κ1) is 13.7. The van der Waals surface area contributed by atoms with Crippen LogP contribution < -0.4 is 5.73 Å². The largest absolute Gasteiger partial charge is 0.338 e. The van der Waals surface area contributed by atoms with Crippen molar-refractivity contribution >= 4 is 0 Å². The van der Waals surface area contributed by atoms with Crippen molar-refractivity contribution in [2.24, 2.45) is 11.7 Å². The number of nitrogens with zero attached hydrogens (tertiary/aromatic N) is 2. The van der Waals surface area contributed by atoms with Crippen LogP contribution in [0.1, 0.15) is 49.2 Å². The number of rotatable bonds is 5. The van der Waals surface area contributed by atoms with E-state index in [9.17, 15) is 0 Å². The van der Waals surface area contributed by atoms with Gasteiger partial charge in [-0.1, -0.05) is 48.8 Å². The molecular formula is C15H21N3O. The molecule has 102 valence electrons. The van der Waals surface area contributed by atoms with E-state index in [2.05, 4.69) is 55.2 Å². The van der Waals surface area contributed by atoms with Gasteiger partial charge in [0, 0.05) is 6.42 Å². The Morgan fingerprint density at radius 2 is 1.89 bits per heavy atom. The summed E-state index contributed by atoms with van der Waals surface area (Å²) in [7, 11) is 0. The van der Waals surface area contributed by atoms with Crippen LogP contribution in [0.4, 0.5) is 0 Å². The molecule has 0 aliphatic rings. The first-order chi connectivity index (χ1) is 9.04. The summed E-state index contributed by atoms with van der Waals surface area (Å²) in [6.45, 7) is 6.33. The number of aryl methyl sites for hydroxylation is 1. The Hall–Kier alpha value is -1.68. The maximum Gasteiger partial charge on any atom is 0.243 e. The van der Waals surface area contributed by atoms with E-state index >= 15 is 0 Å². The lowest BCUT2D eigenvalue weighted by Gasteiger charge is -2.08. The van der Waals surface area contributed by atoms with Gasteiger partial charge in [-0.2, -0.15) is 4.98 Å². The lowest BCUT2D eigenvalue weighted by Crippen LogP contribution is -2.13. The van der Waals surface area contributed by atoms with E-state index in [0.717, 1.165) is 6.42 Å². The standard InChI is InChI=1S/C15H21N3O/c1-10(2)8-13(16)15-17-14(18-19-15)9-12-6-4-11(3)5-7-12/h4-7,10,13H,8-9,16H2,1-3H3/t13-/m1/s1. The molecule has 0 fully saturated rings. The van der Waals surface area contributed by atoms with Crippen molar-refractivity contribution in [2.45, 2.75) is 39.7 Å². The molecule has 0 bridgehead atoms. The summed E-state index contributed by atoms with van der Waals surface area (Å²) in [5, 5.41) is 4.00. The van der Waals surface area contributed by atoms with Gasteiger partial charge in [-0.3, -0.25) is 0 Å². The summed E-state index contributed by atoms with van der Waals surface area (Å²) in [6, 6.07) is 8.17. The van der Waals surface area contributed by atoms with E-state index in [1.807, 2.05) is 0 Å². The van der Waals surface area contributed by atoms with E-state index in [0.29, 0.717) is 24.1 Å². The minimum atomic E-state index is -0.167. The summed E-state index contributed by atoms with van der Waals surface area (Å²) in [4.78, 5) is 4.38. The van der Waals surface area contributed by atoms with E-state index in [1.165, 1.54) is 11.1 Å². The number of hydrogen-bond acceptors (Lipinski definition) is 4. The van der Waals surface area contributed by atoms with Gasteiger partial charge in [-0.05, 0) is 24.8 Å². The van der Waals surface area contributed by atoms with Gasteiger partial charge in [-0.25, -0.2) is 0 Å². The maximum atomic E-state index is 6.03. The molecule has 4 nitrogen and oxygen atoms in total. The topological polar surface area (TPSA) is 64.9 Å². The van der Waals surface area contributed by atoms with Crippen molar-refractivity contribution in [3.8, 4) is 0 Å². The molecule has 1 atom stereocenters. The van der Waals surface area contributed by atoms with Crippen LogP contribution in [0.25, 0.3) is 0 Å². The molecule has 1 aromatic heterocycles. The average Bonchev–Trinajstić information content (AvgIpc) is 2.80. The van der Waals surface area contributed by atoms with E-state index in [4.69, 9.17) is 10.3 Å². The van der Waals surface area contributed by atoms with Crippen molar-refractivity contribution < 1.29 is 4.52 Å². The van der Waals surface area contributed by atoms with Crippen LogP contribution in [0.3, 0.4) is 0 Å². The molecule has 2 N–H and O–H groups in total. The van der Waals surface area contributed by atoms with Gasteiger partial charge in [-0.15, -0.1) is 0 Å². The second-order valence-corrected chi connectivity index (χ2v) is 5.45. The fourth-order valence-electron chi connectivity index (χ4n) is 1.99. The summed E-state index contributed by atoms with van der Waals surface area (Å²) in [6.07, 6.45) is 1.53. The molecule has 2 rings (SSSR count). The molecule has 2 aromatic rings. The van der Waals surface area contributed by atoms with Crippen LogP contribution >= 0.6 is 0 Å². The predicted octanol–water partition coefficient (Wildman–Crippen LogP) is 3.01. The zero-order valence-electron chi connectivity index (χ0n) is 11.8. The minimum Gasteiger partial charge on any atom is -0.338 e. The molecule has 0 aliphatic heterocycles. The second kappa shape index (κ2) is 5.97. The van der Waals surface area contributed by atoms with E-state index in [-0.39, 0.29) is 6.04 Å². The first-order valence-corrected chi connectivity index (χ1v) is 6.68. The highest BCUT2D eigenvalue weighted by Crippen LogP contribution is 2.17. The molecule has 1 heterocycles. The third-order valence-corrected chi connectivity index (χ3v) is 3.01. The smallest absolute Gasteiger partial charge is 0.243 e. The molecule has 0 aliphatic carbocycles. The highest BCUT2D eigenvalue weighted by molar-refractivity contribution is 5.23. The van der Waals surface area contributed by atoms with Gasteiger partial charge >= 0.3 is 0 Å². The van der Waals surface area contributed by atoms with Crippen LogP contribution in [-0.4, -0.2) is 10.1 Å². The van der Waals surface area contributed by atoms with E-state index in [1.54, 1.807) is 0 Å². The second-order valence-electron chi connectivity index (χ2n) is 5.45. The Balaban J connectivity index is 2.02. The molecule has 0 radical (unpaired) electrons. The fraction of sp³-hybridized carbons (Fsp3) is 0.467. The third kappa shape index (κ3) is 3.89. The SMILES string of the molecule is Cc1ccc(Cc2noc([C@H](N)CC(C)C)n2)cc1. The van der Waals surface area contributed by atoms with Crippen molar-refractivity contribution in [1.82, 2.24) is 10.1 Å². The van der Waals surface area contributed by atoms with E-state index < -0.39 is 0 Å². The normalized spacial score (nSPS) is 12.9. The van der Waals surface area contributed by atoms with Gasteiger partial charge < -0.3 is 10.3 Å². The molecule has 0 saturated heterocycles. The molecule has 0 amide bonds. The quantitative estimate of drug-likeness (QED) is 0.896. The summed E-state index contributed by atoms with van der Waals surface area (Å²) < 4.78 is 5.24. The minimum absolute atomic E-state index is 0.167. The van der Waals surface area contributed by atoms with Crippen molar-refractivity contribution in [2.75, 3.05) is 0 Å². The van der Waals surface area contributed by atoms with Gasteiger partial charge in [0.1, 0.15) is 0 Å². The van der Waals surface area contributed by atoms with Gasteiger partial charge in [0.05, 0.1) is 6.04 Å². The van der Waals surface area contributed by atoms with Gasteiger partial charge in [0.2, 0.25) is 5.89 Å². The Morgan fingerprint density at radius 3 is 2.53 bits per heavy atom. The molecule has 0 saturated carbocycles. The number of nitrogens with two attached hydrogens (primary N) is 1. The Bertz CT molecular complexity index is 516. The highest BCUT2D eigenvalue weighted by Gasteiger charge is 2.16. The maximum absolute atomic E-state index is 6.03. The van der Waals surface area contributed by atoms with Crippen LogP contribution in [0.2, 0.25) is 0 Å². The summed E-state index contributed by atoms with van der Waals surface area (Å²) in [5.74, 6) is 1.75. The zero-order chi connectivity index (χ0) is 13.8. The van der Waals surface area contributed by atoms with Crippen molar-refractivity contribution in [3.05, 3.63) is 47.1 Å². The average molecular weight is 259 g/mol. The predicted molar refractivity (Wildman–Crippen MR) is 74.7 cm³/mol. The Kier molecular flexibility index (Phi) is 4.32. The monoisotopic (exact) mass is 259 g/mol. The summed E-state index contributed by atoms with van der Waals surface area (Å²) >= 11 is 0. The number of hydrogen-bond donors (Lipinski definition) is 1. The molecule has 1 aromatic carbocycles. The molecule has 19 heavy (non-hydrogen) atoms. The molecule has 0 spiro atoms. The van der Waals surface area contributed by atoms with Crippen LogP contribution in [0.5, 0.6) is 0 Å².